The van der Waals surface area contributed by atoms with Gasteiger partial charge in [-0.15, -0.1) is 6.58 Å². The normalized spacial score (nSPS) is 11.3. The Morgan fingerprint density at radius 3 is 2.44 bits per heavy atom. The third kappa shape index (κ3) is 7.97. The highest BCUT2D eigenvalue weighted by Gasteiger charge is 2.03. The molecule has 2 heteroatoms. The molecule has 0 aliphatic heterocycles. The van der Waals surface area contributed by atoms with Gasteiger partial charge in [0.25, 0.3) is 0 Å². The zero-order chi connectivity index (χ0) is 7.33. The minimum absolute atomic E-state index is 0.860. The van der Waals surface area contributed by atoms with Crippen LogP contribution in [-0.2, 0) is 4.57 Å². The number of allylic oxidation sites excluding steroid dienone is 1. The van der Waals surface area contributed by atoms with Crippen LogP contribution in [0.15, 0.2) is 12.7 Å². The monoisotopic (exact) mass is 146 g/mol. The van der Waals surface area contributed by atoms with Gasteiger partial charge >= 0.3 is 0 Å². The van der Waals surface area contributed by atoms with Crippen molar-refractivity contribution in [3.05, 3.63) is 12.7 Å². The summed E-state index contributed by atoms with van der Waals surface area (Å²) in [6.07, 6.45) is 4.74. The molecule has 0 aromatic rings. The Balaban J connectivity index is 3.28. The SMILES string of the molecule is C=CCCCP(C)(C)=O. The third-order valence-electron chi connectivity index (χ3n) is 1.10. The smallest absolute Gasteiger partial charge is 0.0819 e. The summed E-state index contributed by atoms with van der Waals surface area (Å²) in [7, 11) is -1.74. The summed E-state index contributed by atoms with van der Waals surface area (Å²) in [6, 6.07) is 0. The molecule has 0 saturated heterocycles. The molecular formula is C7H15OP. The predicted molar refractivity (Wildman–Crippen MR) is 43.8 cm³/mol. The zero-order valence-corrected chi connectivity index (χ0v) is 7.16. The van der Waals surface area contributed by atoms with E-state index in [2.05, 4.69) is 6.58 Å². The van der Waals surface area contributed by atoms with E-state index >= 15 is 0 Å². The van der Waals surface area contributed by atoms with Crippen molar-refractivity contribution in [2.24, 2.45) is 0 Å². The predicted octanol–water partition coefficient (Wildman–Crippen LogP) is 2.58. The van der Waals surface area contributed by atoms with Gasteiger partial charge < -0.3 is 4.57 Å². The van der Waals surface area contributed by atoms with E-state index < -0.39 is 7.14 Å². The maximum Gasteiger partial charge on any atom is 0.0819 e. The fourth-order valence-electron chi connectivity index (χ4n) is 0.616. The van der Waals surface area contributed by atoms with Gasteiger partial charge in [-0.3, -0.25) is 0 Å². The van der Waals surface area contributed by atoms with E-state index in [9.17, 15) is 4.57 Å². The van der Waals surface area contributed by atoms with Crippen molar-refractivity contribution in [2.45, 2.75) is 12.8 Å². The van der Waals surface area contributed by atoms with Crippen LogP contribution in [-0.4, -0.2) is 19.5 Å². The van der Waals surface area contributed by atoms with E-state index in [0.29, 0.717) is 0 Å². The van der Waals surface area contributed by atoms with Gasteiger partial charge in [0.1, 0.15) is 0 Å². The van der Waals surface area contributed by atoms with Gasteiger partial charge in [-0.25, -0.2) is 0 Å². The molecule has 0 N–H and O–H groups in total. The number of rotatable bonds is 4. The van der Waals surface area contributed by atoms with E-state index in [4.69, 9.17) is 0 Å². The lowest BCUT2D eigenvalue weighted by atomic mass is 10.3. The van der Waals surface area contributed by atoms with Crippen molar-refractivity contribution in [1.82, 2.24) is 0 Å². The second kappa shape index (κ2) is 3.90. The second-order valence-corrected chi connectivity index (χ2v) is 6.32. The van der Waals surface area contributed by atoms with Gasteiger partial charge in [-0.2, -0.15) is 0 Å². The van der Waals surface area contributed by atoms with Gasteiger partial charge in [0.2, 0.25) is 0 Å². The highest BCUT2D eigenvalue weighted by Crippen LogP contribution is 2.36. The lowest BCUT2D eigenvalue weighted by Crippen LogP contribution is -1.84. The van der Waals surface area contributed by atoms with Gasteiger partial charge in [0.15, 0.2) is 0 Å². The summed E-state index contributed by atoms with van der Waals surface area (Å²) >= 11 is 0. The van der Waals surface area contributed by atoms with Crippen LogP contribution in [0.3, 0.4) is 0 Å². The first kappa shape index (κ1) is 8.97. The first-order valence-corrected chi connectivity index (χ1v) is 6.00. The van der Waals surface area contributed by atoms with Crippen LogP contribution in [0.25, 0.3) is 0 Å². The molecule has 0 atom stereocenters. The Labute approximate surface area is 57.5 Å². The minimum Gasteiger partial charge on any atom is -0.324 e. The average Bonchev–Trinajstić information content (AvgIpc) is 1.63. The molecule has 0 radical (unpaired) electrons. The van der Waals surface area contributed by atoms with Gasteiger partial charge in [-0.05, 0) is 26.2 Å². The lowest BCUT2D eigenvalue weighted by Gasteiger charge is -2.02. The zero-order valence-electron chi connectivity index (χ0n) is 6.26. The molecule has 0 aromatic carbocycles. The molecule has 0 aromatic heterocycles. The fraction of sp³-hybridized carbons (Fsp3) is 0.714. The molecule has 54 valence electrons. The van der Waals surface area contributed by atoms with Crippen molar-refractivity contribution in [3.8, 4) is 0 Å². The van der Waals surface area contributed by atoms with Crippen LogP contribution in [0.1, 0.15) is 12.8 Å². The standard InChI is InChI=1S/C7H15OP/c1-4-5-6-7-9(2,3)8/h4H,1,5-7H2,2-3H3. The first-order valence-electron chi connectivity index (χ1n) is 3.21. The van der Waals surface area contributed by atoms with Crippen LogP contribution in [0.4, 0.5) is 0 Å². The van der Waals surface area contributed by atoms with Crippen LogP contribution in [0.5, 0.6) is 0 Å². The molecular weight excluding hydrogens is 131 g/mol. The van der Waals surface area contributed by atoms with Crippen LogP contribution in [0.2, 0.25) is 0 Å². The van der Waals surface area contributed by atoms with E-state index in [0.717, 1.165) is 19.0 Å². The van der Waals surface area contributed by atoms with Crippen molar-refractivity contribution in [2.75, 3.05) is 19.5 Å². The Morgan fingerprint density at radius 1 is 1.56 bits per heavy atom. The molecule has 0 spiro atoms. The third-order valence-corrected chi connectivity index (χ3v) is 2.50. The molecule has 0 aliphatic rings. The Morgan fingerprint density at radius 2 is 2.11 bits per heavy atom. The van der Waals surface area contributed by atoms with E-state index in [1.165, 1.54) is 0 Å². The molecule has 0 rings (SSSR count). The maximum atomic E-state index is 11.1. The average molecular weight is 146 g/mol. The molecule has 0 unspecified atom stereocenters. The molecule has 0 heterocycles. The molecule has 0 fully saturated rings. The van der Waals surface area contributed by atoms with E-state index in [1.807, 2.05) is 19.4 Å². The van der Waals surface area contributed by atoms with Crippen molar-refractivity contribution < 1.29 is 4.57 Å². The maximum absolute atomic E-state index is 11.1. The highest BCUT2D eigenvalue weighted by atomic mass is 31.2. The highest BCUT2D eigenvalue weighted by molar-refractivity contribution is 7.62. The lowest BCUT2D eigenvalue weighted by molar-refractivity contribution is 0.581. The van der Waals surface area contributed by atoms with Crippen molar-refractivity contribution in [1.29, 1.82) is 0 Å². The van der Waals surface area contributed by atoms with Crippen LogP contribution in [0, 0.1) is 0 Å². The summed E-state index contributed by atoms with van der Waals surface area (Å²) in [5.74, 6) is 0. The van der Waals surface area contributed by atoms with Gasteiger partial charge in [0.05, 0.1) is 7.14 Å². The molecule has 0 bridgehead atoms. The van der Waals surface area contributed by atoms with Gasteiger partial charge in [-0.1, -0.05) is 6.08 Å². The van der Waals surface area contributed by atoms with Crippen molar-refractivity contribution >= 4 is 7.14 Å². The van der Waals surface area contributed by atoms with Crippen LogP contribution >= 0.6 is 7.14 Å². The number of hydrogen-bond acceptors (Lipinski definition) is 1. The summed E-state index contributed by atoms with van der Waals surface area (Å²) in [5, 5.41) is 0. The fourth-order valence-corrected chi connectivity index (χ4v) is 1.56. The summed E-state index contributed by atoms with van der Waals surface area (Å²) < 4.78 is 11.1. The number of hydrogen-bond donors (Lipinski definition) is 0. The van der Waals surface area contributed by atoms with Gasteiger partial charge in [0, 0.05) is 6.16 Å². The molecule has 9 heavy (non-hydrogen) atoms. The van der Waals surface area contributed by atoms with Crippen molar-refractivity contribution in [3.63, 3.8) is 0 Å². The number of unbranched alkanes of at least 4 members (excludes halogenated alkanes) is 1. The summed E-state index contributed by atoms with van der Waals surface area (Å²) in [4.78, 5) is 0. The minimum atomic E-state index is -1.74. The Hall–Kier alpha value is -0.0300. The molecule has 0 saturated carbocycles. The molecule has 0 amide bonds. The molecule has 0 aliphatic carbocycles. The topological polar surface area (TPSA) is 17.1 Å². The van der Waals surface area contributed by atoms with Crippen LogP contribution < -0.4 is 0 Å². The quantitative estimate of drug-likeness (QED) is 0.338. The molecule has 1 nitrogen and oxygen atoms in total. The summed E-state index contributed by atoms with van der Waals surface area (Å²) in [6.45, 7) is 7.25. The Kier molecular flexibility index (Phi) is 3.88. The Bertz CT molecular complexity index is 123. The first-order chi connectivity index (χ1) is 4.06. The largest absolute Gasteiger partial charge is 0.324 e. The van der Waals surface area contributed by atoms with E-state index in [1.54, 1.807) is 0 Å². The van der Waals surface area contributed by atoms with E-state index in [-0.39, 0.29) is 0 Å². The summed E-state index contributed by atoms with van der Waals surface area (Å²) in [5.41, 5.74) is 0. The second-order valence-electron chi connectivity index (χ2n) is 2.73.